The number of benzene rings is 2. The van der Waals surface area contributed by atoms with Crippen molar-refractivity contribution >= 4 is 11.6 Å². The van der Waals surface area contributed by atoms with Gasteiger partial charge in [-0.25, -0.2) is 0 Å². The number of hydrogen-bond donors (Lipinski definition) is 1. The zero-order valence-corrected chi connectivity index (χ0v) is 11.7. The number of methoxy groups -OCH3 is 1. The standard InChI is InChI=1S/C16H14F3NO2/c1-22-14(11-5-3-2-4-6-11)15(21)20-13-9-7-12(8-10-13)16(17,18)19/h2-10,14H,1H3,(H,20,21)/t14-/m1/s1. The quantitative estimate of drug-likeness (QED) is 0.926. The van der Waals surface area contributed by atoms with E-state index in [2.05, 4.69) is 5.32 Å². The van der Waals surface area contributed by atoms with Crippen LogP contribution in [-0.2, 0) is 15.7 Å². The number of nitrogens with one attached hydrogen (secondary N) is 1. The zero-order valence-electron chi connectivity index (χ0n) is 11.7. The first-order valence-electron chi connectivity index (χ1n) is 6.47. The molecule has 0 aromatic heterocycles. The maximum absolute atomic E-state index is 12.5. The van der Waals surface area contributed by atoms with Crippen LogP contribution in [-0.4, -0.2) is 13.0 Å². The molecule has 1 N–H and O–H groups in total. The van der Waals surface area contributed by atoms with Crippen LogP contribution in [0.2, 0.25) is 0 Å². The first-order valence-corrected chi connectivity index (χ1v) is 6.47. The molecule has 0 aliphatic carbocycles. The number of amides is 1. The van der Waals surface area contributed by atoms with Gasteiger partial charge in [0.05, 0.1) is 5.56 Å². The molecule has 0 unspecified atom stereocenters. The molecule has 0 heterocycles. The highest BCUT2D eigenvalue weighted by molar-refractivity contribution is 5.94. The molecule has 0 aliphatic rings. The molecule has 2 aromatic rings. The molecule has 3 nitrogen and oxygen atoms in total. The summed E-state index contributed by atoms with van der Waals surface area (Å²) in [5, 5.41) is 2.54. The highest BCUT2D eigenvalue weighted by Crippen LogP contribution is 2.30. The molecule has 22 heavy (non-hydrogen) atoms. The Morgan fingerprint density at radius 2 is 1.64 bits per heavy atom. The predicted molar refractivity (Wildman–Crippen MR) is 76.3 cm³/mol. The molecule has 1 amide bonds. The van der Waals surface area contributed by atoms with Crippen LogP contribution in [0, 0.1) is 0 Å². The highest BCUT2D eigenvalue weighted by Gasteiger charge is 2.30. The average Bonchev–Trinajstić information content (AvgIpc) is 2.48. The minimum absolute atomic E-state index is 0.274. The summed E-state index contributed by atoms with van der Waals surface area (Å²) in [6, 6.07) is 13.1. The third-order valence-electron chi connectivity index (χ3n) is 3.06. The first kappa shape index (κ1) is 16.0. The number of carbonyl (C=O) groups is 1. The lowest BCUT2D eigenvalue weighted by atomic mass is 10.1. The van der Waals surface area contributed by atoms with Crippen LogP contribution in [0.3, 0.4) is 0 Å². The van der Waals surface area contributed by atoms with Crippen molar-refractivity contribution in [1.82, 2.24) is 0 Å². The SMILES string of the molecule is CO[C@@H](C(=O)Nc1ccc(C(F)(F)F)cc1)c1ccccc1. The van der Waals surface area contributed by atoms with Gasteiger partial charge in [0.25, 0.3) is 5.91 Å². The number of alkyl halides is 3. The maximum atomic E-state index is 12.5. The number of hydrogen-bond acceptors (Lipinski definition) is 2. The minimum atomic E-state index is -4.40. The van der Waals surface area contributed by atoms with Crippen LogP contribution >= 0.6 is 0 Å². The van der Waals surface area contributed by atoms with Gasteiger partial charge in [0.2, 0.25) is 0 Å². The lowest BCUT2D eigenvalue weighted by Gasteiger charge is -2.16. The van der Waals surface area contributed by atoms with Gasteiger partial charge in [0, 0.05) is 12.8 Å². The van der Waals surface area contributed by atoms with E-state index in [-0.39, 0.29) is 5.69 Å². The molecular formula is C16H14F3NO2. The van der Waals surface area contributed by atoms with Crippen LogP contribution in [0.5, 0.6) is 0 Å². The summed E-state index contributed by atoms with van der Waals surface area (Å²) in [6.07, 6.45) is -5.23. The number of carbonyl (C=O) groups excluding carboxylic acids is 1. The van der Waals surface area contributed by atoms with E-state index in [1.165, 1.54) is 19.2 Å². The molecular weight excluding hydrogens is 295 g/mol. The third kappa shape index (κ3) is 3.85. The molecule has 6 heteroatoms. The third-order valence-corrected chi connectivity index (χ3v) is 3.06. The number of anilines is 1. The van der Waals surface area contributed by atoms with E-state index < -0.39 is 23.8 Å². The smallest absolute Gasteiger partial charge is 0.367 e. The van der Waals surface area contributed by atoms with Crippen molar-refractivity contribution in [3.05, 3.63) is 65.7 Å². The normalized spacial score (nSPS) is 12.7. The molecule has 2 aromatic carbocycles. The molecule has 0 aliphatic heterocycles. The summed E-state index contributed by atoms with van der Waals surface area (Å²) in [7, 11) is 1.39. The Hall–Kier alpha value is -2.34. The number of halogens is 3. The molecule has 0 bridgehead atoms. The van der Waals surface area contributed by atoms with Gasteiger partial charge in [0.1, 0.15) is 0 Å². The van der Waals surface area contributed by atoms with Crippen LogP contribution in [0.4, 0.5) is 18.9 Å². The van der Waals surface area contributed by atoms with Crippen molar-refractivity contribution in [1.29, 1.82) is 0 Å². The van der Waals surface area contributed by atoms with Gasteiger partial charge in [-0.2, -0.15) is 13.2 Å². The van der Waals surface area contributed by atoms with Crippen molar-refractivity contribution in [2.75, 3.05) is 12.4 Å². The van der Waals surface area contributed by atoms with Gasteiger partial charge in [-0.3, -0.25) is 4.79 Å². The first-order chi connectivity index (χ1) is 10.4. The van der Waals surface area contributed by atoms with E-state index in [0.29, 0.717) is 5.56 Å². The van der Waals surface area contributed by atoms with Crippen molar-refractivity contribution in [2.24, 2.45) is 0 Å². The molecule has 0 fully saturated rings. The van der Waals surface area contributed by atoms with Gasteiger partial charge in [-0.15, -0.1) is 0 Å². The summed E-state index contributed by atoms with van der Waals surface area (Å²) >= 11 is 0. The summed E-state index contributed by atoms with van der Waals surface area (Å²) < 4.78 is 42.6. The second-order valence-electron chi connectivity index (χ2n) is 4.59. The Balaban J connectivity index is 2.11. The Morgan fingerprint density at radius 3 is 2.14 bits per heavy atom. The maximum Gasteiger partial charge on any atom is 0.416 e. The van der Waals surface area contributed by atoms with Crippen LogP contribution in [0.15, 0.2) is 54.6 Å². The Labute approximate surface area is 125 Å². The van der Waals surface area contributed by atoms with Crippen molar-refractivity contribution in [2.45, 2.75) is 12.3 Å². The second-order valence-corrected chi connectivity index (χ2v) is 4.59. The molecule has 0 radical (unpaired) electrons. The molecule has 0 saturated carbocycles. The van der Waals surface area contributed by atoms with Crippen molar-refractivity contribution < 1.29 is 22.7 Å². The Bertz CT molecular complexity index is 624. The second kappa shape index (κ2) is 6.62. The molecule has 116 valence electrons. The number of rotatable bonds is 4. The summed E-state index contributed by atoms with van der Waals surface area (Å²) in [4.78, 5) is 12.2. The lowest BCUT2D eigenvalue weighted by molar-refractivity contribution is -0.137. The average molecular weight is 309 g/mol. The summed E-state index contributed by atoms with van der Waals surface area (Å²) in [5.41, 5.74) is 0.169. The van der Waals surface area contributed by atoms with Crippen LogP contribution < -0.4 is 5.32 Å². The Kier molecular flexibility index (Phi) is 4.82. The molecule has 1 atom stereocenters. The fraction of sp³-hybridized carbons (Fsp3) is 0.188. The van der Waals surface area contributed by atoms with Gasteiger partial charge < -0.3 is 10.1 Å². The molecule has 2 rings (SSSR count). The fourth-order valence-electron chi connectivity index (χ4n) is 1.97. The van der Waals surface area contributed by atoms with E-state index in [1.54, 1.807) is 24.3 Å². The van der Waals surface area contributed by atoms with Crippen LogP contribution in [0.1, 0.15) is 17.2 Å². The van der Waals surface area contributed by atoms with Gasteiger partial charge in [-0.05, 0) is 29.8 Å². The molecule has 0 saturated heterocycles. The monoisotopic (exact) mass is 309 g/mol. The van der Waals surface area contributed by atoms with Gasteiger partial charge in [0.15, 0.2) is 6.10 Å². The topological polar surface area (TPSA) is 38.3 Å². The molecule has 0 spiro atoms. The van der Waals surface area contributed by atoms with Gasteiger partial charge >= 0.3 is 6.18 Å². The van der Waals surface area contributed by atoms with E-state index in [1.807, 2.05) is 6.07 Å². The highest BCUT2D eigenvalue weighted by atomic mass is 19.4. The summed E-state index contributed by atoms with van der Waals surface area (Å²) in [5.74, 6) is -0.451. The summed E-state index contributed by atoms with van der Waals surface area (Å²) in [6.45, 7) is 0. The van der Waals surface area contributed by atoms with Gasteiger partial charge in [-0.1, -0.05) is 30.3 Å². The minimum Gasteiger partial charge on any atom is -0.367 e. The van der Waals surface area contributed by atoms with E-state index in [9.17, 15) is 18.0 Å². The fourth-order valence-corrected chi connectivity index (χ4v) is 1.97. The Morgan fingerprint density at radius 1 is 1.05 bits per heavy atom. The van der Waals surface area contributed by atoms with E-state index in [4.69, 9.17) is 4.74 Å². The predicted octanol–water partition coefficient (Wildman–Crippen LogP) is 4.03. The van der Waals surface area contributed by atoms with Crippen molar-refractivity contribution in [3.8, 4) is 0 Å². The largest absolute Gasteiger partial charge is 0.416 e. The van der Waals surface area contributed by atoms with Crippen LogP contribution in [0.25, 0.3) is 0 Å². The van der Waals surface area contributed by atoms with E-state index >= 15 is 0 Å². The van der Waals surface area contributed by atoms with Crippen molar-refractivity contribution in [3.63, 3.8) is 0 Å². The number of ether oxygens (including phenoxy) is 1. The van der Waals surface area contributed by atoms with E-state index in [0.717, 1.165) is 12.1 Å². The lowest BCUT2D eigenvalue weighted by Crippen LogP contribution is -2.22. The zero-order chi connectivity index (χ0) is 16.2.